The molecule has 0 heterocycles. The maximum Gasteiger partial charge on any atom is 0.294 e. The Hall–Kier alpha value is -1.31. The van der Waals surface area contributed by atoms with Crippen LogP contribution in [0.2, 0.25) is 0 Å². The average Bonchev–Trinajstić information content (AvgIpc) is 2.27. The fourth-order valence-electron chi connectivity index (χ4n) is 1.37. The van der Waals surface area contributed by atoms with E-state index in [0.29, 0.717) is 11.3 Å². The number of amidine groups is 1. The van der Waals surface area contributed by atoms with Crippen molar-refractivity contribution < 1.29 is 17.7 Å². The Kier molecular flexibility index (Phi) is 4.55. The van der Waals surface area contributed by atoms with E-state index < -0.39 is 10.1 Å². The molecular weight excluding hydrogens is 280 g/mol. The van der Waals surface area contributed by atoms with Crippen molar-refractivity contribution in [3.8, 4) is 5.75 Å². The van der Waals surface area contributed by atoms with Gasteiger partial charge in [-0.3, -0.25) is 4.55 Å². The molecule has 0 aromatic heterocycles. The van der Waals surface area contributed by atoms with E-state index in [-0.39, 0.29) is 22.4 Å². The number of benzene rings is 1. The molecule has 0 aliphatic carbocycles. The lowest BCUT2D eigenvalue weighted by molar-refractivity contribution is 0.413. The number of nitrogens with zero attached hydrogens (tertiary/aromatic N) is 1. The van der Waals surface area contributed by atoms with Gasteiger partial charge in [-0.1, -0.05) is 0 Å². The van der Waals surface area contributed by atoms with E-state index in [1.54, 1.807) is 0 Å². The molecule has 0 saturated carbocycles. The first kappa shape index (κ1) is 14.7. The van der Waals surface area contributed by atoms with Crippen molar-refractivity contribution in [1.29, 1.82) is 0 Å². The normalized spacial score (nSPS) is 12.6. The van der Waals surface area contributed by atoms with Crippen molar-refractivity contribution in [2.45, 2.75) is 11.8 Å². The number of hydrogen-bond donors (Lipinski definition) is 2. The number of nitrogens with two attached hydrogens (primary N) is 1. The molecular formula is C10H13ClN2O4S. The van der Waals surface area contributed by atoms with Crippen LogP contribution in [0.1, 0.15) is 5.56 Å². The summed E-state index contributed by atoms with van der Waals surface area (Å²) >= 11 is 5.51. The highest BCUT2D eigenvalue weighted by Crippen LogP contribution is 2.32. The zero-order valence-corrected chi connectivity index (χ0v) is 11.4. The zero-order chi connectivity index (χ0) is 13.9. The van der Waals surface area contributed by atoms with E-state index in [4.69, 9.17) is 26.6 Å². The monoisotopic (exact) mass is 292 g/mol. The first-order chi connectivity index (χ1) is 8.29. The average molecular weight is 293 g/mol. The molecule has 1 rings (SSSR count). The van der Waals surface area contributed by atoms with E-state index >= 15 is 0 Å². The predicted molar refractivity (Wildman–Crippen MR) is 69.5 cm³/mol. The lowest BCUT2D eigenvalue weighted by Crippen LogP contribution is -2.12. The Morgan fingerprint density at radius 3 is 2.61 bits per heavy atom. The Morgan fingerprint density at radius 2 is 2.17 bits per heavy atom. The molecule has 0 unspecified atom stereocenters. The molecule has 0 fully saturated rings. The molecule has 3 N–H and O–H groups in total. The van der Waals surface area contributed by atoms with Crippen molar-refractivity contribution in [2.75, 3.05) is 13.0 Å². The standard InChI is InChI=1S/C10H13ClN2O4S/c1-6-3-7(13-10(12)5-11)8(17-2)4-9(6)18(14,15)16/h3-4H,5H2,1-2H3,(H2,12,13)(H,14,15,16). The lowest BCUT2D eigenvalue weighted by Gasteiger charge is -2.09. The van der Waals surface area contributed by atoms with Crippen LogP contribution in [0.15, 0.2) is 22.0 Å². The second-order valence-electron chi connectivity index (χ2n) is 3.50. The molecule has 0 atom stereocenters. The number of aryl methyl sites for hydroxylation is 1. The second-order valence-corrected chi connectivity index (χ2v) is 5.16. The van der Waals surface area contributed by atoms with Crippen molar-refractivity contribution in [2.24, 2.45) is 10.7 Å². The Bertz CT molecular complexity index is 584. The Morgan fingerprint density at radius 1 is 1.56 bits per heavy atom. The highest BCUT2D eigenvalue weighted by Gasteiger charge is 2.17. The summed E-state index contributed by atoms with van der Waals surface area (Å²) in [4.78, 5) is 3.76. The van der Waals surface area contributed by atoms with Gasteiger partial charge in [0.05, 0.1) is 13.0 Å². The first-order valence-electron chi connectivity index (χ1n) is 4.84. The summed E-state index contributed by atoms with van der Waals surface area (Å²) in [6.07, 6.45) is 0. The van der Waals surface area contributed by atoms with Gasteiger partial charge in [-0.25, -0.2) is 4.99 Å². The number of halogens is 1. The molecule has 1 aromatic carbocycles. The van der Waals surface area contributed by atoms with E-state index in [9.17, 15) is 8.42 Å². The number of alkyl halides is 1. The van der Waals surface area contributed by atoms with Crippen LogP contribution < -0.4 is 10.5 Å². The van der Waals surface area contributed by atoms with Crippen LogP contribution in [-0.2, 0) is 10.1 Å². The first-order valence-corrected chi connectivity index (χ1v) is 6.82. The maximum absolute atomic E-state index is 11.1. The summed E-state index contributed by atoms with van der Waals surface area (Å²) in [7, 11) is -2.95. The third-order valence-corrected chi connectivity index (χ3v) is 3.42. The summed E-state index contributed by atoms with van der Waals surface area (Å²) in [6.45, 7) is 1.53. The van der Waals surface area contributed by atoms with Crippen LogP contribution in [0.3, 0.4) is 0 Å². The molecule has 1 aromatic rings. The van der Waals surface area contributed by atoms with Gasteiger partial charge in [0.25, 0.3) is 10.1 Å². The Labute approximate surface area is 110 Å². The van der Waals surface area contributed by atoms with E-state index in [0.717, 1.165) is 0 Å². The van der Waals surface area contributed by atoms with Gasteiger partial charge in [0.1, 0.15) is 22.2 Å². The quantitative estimate of drug-likeness (QED) is 0.379. The summed E-state index contributed by atoms with van der Waals surface area (Å²) in [5.74, 6) is 0.401. The number of ether oxygens (including phenoxy) is 1. The summed E-state index contributed by atoms with van der Waals surface area (Å²) < 4.78 is 36.3. The molecule has 100 valence electrons. The van der Waals surface area contributed by atoms with Crippen LogP contribution in [0.5, 0.6) is 5.75 Å². The zero-order valence-electron chi connectivity index (χ0n) is 9.84. The van der Waals surface area contributed by atoms with Crippen molar-refractivity contribution in [3.05, 3.63) is 17.7 Å². The van der Waals surface area contributed by atoms with E-state index in [2.05, 4.69) is 4.99 Å². The second kappa shape index (κ2) is 5.55. The summed E-state index contributed by atoms with van der Waals surface area (Å²) in [5, 5.41) is 0. The van der Waals surface area contributed by atoms with Crippen LogP contribution in [0.4, 0.5) is 5.69 Å². The minimum atomic E-state index is -4.30. The topological polar surface area (TPSA) is 102 Å². The van der Waals surface area contributed by atoms with Crippen LogP contribution in [0, 0.1) is 6.92 Å². The van der Waals surface area contributed by atoms with Crippen molar-refractivity contribution in [3.63, 3.8) is 0 Å². The molecule has 0 aliphatic heterocycles. The minimum Gasteiger partial charge on any atom is -0.494 e. The smallest absolute Gasteiger partial charge is 0.294 e. The largest absolute Gasteiger partial charge is 0.494 e. The maximum atomic E-state index is 11.1. The summed E-state index contributed by atoms with van der Waals surface area (Å²) in [5.41, 5.74) is 6.18. The van der Waals surface area contributed by atoms with Crippen molar-refractivity contribution >= 4 is 33.2 Å². The fraction of sp³-hybridized carbons (Fsp3) is 0.300. The molecule has 0 radical (unpaired) electrons. The molecule has 8 heteroatoms. The lowest BCUT2D eigenvalue weighted by atomic mass is 10.2. The van der Waals surface area contributed by atoms with Gasteiger partial charge in [0, 0.05) is 6.07 Å². The van der Waals surface area contributed by atoms with Gasteiger partial charge in [0.15, 0.2) is 0 Å². The highest BCUT2D eigenvalue weighted by atomic mass is 35.5. The third kappa shape index (κ3) is 3.34. The van der Waals surface area contributed by atoms with Crippen LogP contribution in [0.25, 0.3) is 0 Å². The number of hydrogen-bond acceptors (Lipinski definition) is 4. The van der Waals surface area contributed by atoms with Crippen LogP contribution >= 0.6 is 11.6 Å². The third-order valence-electron chi connectivity index (χ3n) is 2.16. The molecule has 18 heavy (non-hydrogen) atoms. The SMILES string of the molecule is COc1cc(S(=O)(=O)O)c(C)cc1N=C(N)CCl. The highest BCUT2D eigenvalue weighted by molar-refractivity contribution is 7.85. The number of aliphatic imine (C=N–C) groups is 1. The molecule has 0 amide bonds. The number of rotatable bonds is 4. The van der Waals surface area contributed by atoms with E-state index in [1.165, 1.54) is 26.2 Å². The van der Waals surface area contributed by atoms with Gasteiger partial charge in [-0.2, -0.15) is 8.42 Å². The van der Waals surface area contributed by atoms with Gasteiger partial charge < -0.3 is 10.5 Å². The minimum absolute atomic E-state index is 0.0439. The number of methoxy groups -OCH3 is 1. The van der Waals surface area contributed by atoms with Gasteiger partial charge in [-0.05, 0) is 18.6 Å². The summed E-state index contributed by atoms with van der Waals surface area (Å²) in [6, 6.07) is 2.63. The molecule has 0 aliphatic rings. The Balaban J connectivity index is 3.46. The predicted octanol–water partition coefficient (Wildman–Crippen LogP) is 1.48. The molecule has 0 saturated heterocycles. The van der Waals surface area contributed by atoms with Gasteiger partial charge >= 0.3 is 0 Å². The van der Waals surface area contributed by atoms with E-state index in [1.807, 2.05) is 0 Å². The molecule has 6 nitrogen and oxygen atoms in total. The molecule has 0 spiro atoms. The molecule has 0 bridgehead atoms. The fourth-order valence-corrected chi connectivity index (χ4v) is 2.15. The van der Waals surface area contributed by atoms with Crippen molar-refractivity contribution in [1.82, 2.24) is 0 Å². The van der Waals surface area contributed by atoms with Gasteiger partial charge in [0.2, 0.25) is 0 Å². The van der Waals surface area contributed by atoms with Crippen LogP contribution in [-0.4, -0.2) is 31.8 Å². The van der Waals surface area contributed by atoms with Gasteiger partial charge in [-0.15, -0.1) is 11.6 Å².